The lowest BCUT2D eigenvalue weighted by atomic mass is 10.6. The Morgan fingerprint density at radius 1 is 1.18 bits per heavy atom. The molecule has 0 aromatic carbocycles. The monoisotopic (exact) mass is 250 g/mol. The van der Waals surface area contributed by atoms with Crippen LogP contribution in [0.25, 0.3) is 0 Å². The Balaban J connectivity index is -0.0000000353. The summed E-state index contributed by atoms with van der Waals surface area (Å²) >= 11 is 0. The van der Waals surface area contributed by atoms with Gasteiger partial charge >= 0.3 is 0 Å². The number of allylic oxidation sites excluding steroid dienone is 1. The van der Waals surface area contributed by atoms with Crippen LogP contribution in [0, 0.1) is 0 Å². The Kier molecular flexibility index (Phi) is 101. The largest absolute Gasteiger partial charge is 0.385 e. The average Bonchev–Trinajstić information content (AvgIpc) is 3.20. The maximum Gasteiger partial charge on any atom is 0.0781 e. The van der Waals surface area contributed by atoms with Gasteiger partial charge in [-0.25, -0.2) is 0 Å². The van der Waals surface area contributed by atoms with Gasteiger partial charge in [-0.05, 0) is 20.8 Å². The van der Waals surface area contributed by atoms with Crippen molar-refractivity contribution in [3.63, 3.8) is 0 Å². The molecule has 0 aromatic heterocycles. The molecule has 2 heteroatoms. The number of ether oxygens (including phenoxy) is 2. The molecule has 0 spiro atoms. The molecule has 1 fully saturated rings. The highest BCUT2D eigenvalue weighted by Gasteiger charge is 2.13. The van der Waals surface area contributed by atoms with E-state index in [1.54, 1.807) is 13.2 Å². The van der Waals surface area contributed by atoms with Crippen molar-refractivity contribution in [3.8, 4) is 0 Å². The fourth-order valence-corrected chi connectivity index (χ4v) is 0.0962. The highest BCUT2D eigenvalue weighted by Crippen LogP contribution is 2.04. The molecule has 0 radical (unpaired) electrons. The van der Waals surface area contributed by atoms with E-state index in [-0.39, 0.29) is 0 Å². The van der Waals surface area contributed by atoms with Crippen LogP contribution < -0.4 is 0 Å². The zero-order valence-electron chi connectivity index (χ0n) is 14.1. The predicted molar refractivity (Wildman–Crippen MR) is 82.9 cm³/mol. The van der Waals surface area contributed by atoms with E-state index in [4.69, 9.17) is 4.74 Å². The summed E-state index contributed by atoms with van der Waals surface area (Å²) in [5.74, 6) is 0. The van der Waals surface area contributed by atoms with Crippen molar-refractivity contribution in [2.75, 3.05) is 20.3 Å². The molecule has 0 aromatic rings. The Morgan fingerprint density at radius 2 is 1.29 bits per heavy atom. The van der Waals surface area contributed by atoms with Crippen LogP contribution in [0.1, 0.15) is 62.3 Å². The lowest BCUT2D eigenvalue weighted by Crippen LogP contribution is -1.73. The number of methoxy groups -OCH3 is 1. The zero-order valence-corrected chi connectivity index (χ0v) is 14.1. The van der Waals surface area contributed by atoms with Gasteiger partial charge in [0.1, 0.15) is 0 Å². The van der Waals surface area contributed by atoms with Gasteiger partial charge in [0, 0.05) is 13.7 Å². The van der Waals surface area contributed by atoms with E-state index >= 15 is 0 Å². The molecule has 17 heavy (non-hydrogen) atoms. The molecule has 110 valence electrons. The molecule has 0 saturated carbocycles. The first-order chi connectivity index (χ1) is 8.22. The summed E-state index contributed by atoms with van der Waals surface area (Å²) in [6, 6.07) is 0. The van der Waals surface area contributed by atoms with Crippen LogP contribution in [0.15, 0.2) is 12.7 Å². The summed E-state index contributed by atoms with van der Waals surface area (Å²) in [5, 5.41) is 0. The second-order valence-corrected chi connectivity index (χ2v) is 2.13. The zero-order chi connectivity index (χ0) is 15.1. The average molecular weight is 250 g/mol. The molecule has 0 bridgehead atoms. The summed E-state index contributed by atoms with van der Waals surface area (Å²) in [6.07, 6.45) is 2.33. The Hall–Kier alpha value is -0.340. The molecule has 1 aliphatic heterocycles. The van der Waals surface area contributed by atoms with Gasteiger partial charge in [-0.1, -0.05) is 47.6 Å². The fourth-order valence-electron chi connectivity index (χ4n) is 0.0962. The highest BCUT2D eigenvalue weighted by atomic mass is 16.6. The van der Waals surface area contributed by atoms with E-state index in [0.717, 1.165) is 13.2 Å². The van der Waals surface area contributed by atoms with Crippen LogP contribution >= 0.6 is 0 Å². The maximum absolute atomic E-state index is 4.71. The lowest BCUT2D eigenvalue weighted by molar-refractivity contribution is 0.215. The lowest BCUT2D eigenvalue weighted by Gasteiger charge is -1.76. The second-order valence-electron chi connectivity index (χ2n) is 2.13. The Labute approximate surface area is 111 Å². The van der Waals surface area contributed by atoms with Gasteiger partial charge in [0.2, 0.25) is 0 Å². The summed E-state index contributed by atoms with van der Waals surface area (Å²) < 4.78 is 9.25. The van der Waals surface area contributed by atoms with Crippen LogP contribution in [0.2, 0.25) is 0 Å². The van der Waals surface area contributed by atoms with E-state index in [0.29, 0.717) is 6.10 Å². The van der Waals surface area contributed by atoms with Crippen molar-refractivity contribution in [2.24, 2.45) is 0 Å². The second kappa shape index (κ2) is 57.4. The Bertz CT molecular complexity index is 67.3. The summed E-state index contributed by atoms with van der Waals surface area (Å²) in [6.45, 7) is 23.1. The van der Waals surface area contributed by atoms with Gasteiger partial charge in [0.15, 0.2) is 0 Å². The van der Waals surface area contributed by atoms with Gasteiger partial charge in [0.25, 0.3) is 0 Å². The van der Waals surface area contributed by atoms with Crippen molar-refractivity contribution in [3.05, 3.63) is 12.7 Å². The molecular weight excluding hydrogens is 212 g/mol. The molecular formula is C15H38O2. The van der Waals surface area contributed by atoms with Crippen molar-refractivity contribution < 1.29 is 9.47 Å². The van der Waals surface area contributed by atoms with Gasteiger partial charge in [-0.3, -0.25) is 0 Å². The number of hydrogen-bond acceptors (Lipinski definition) is 2. The summed E-state index contributed by atoms with van der Waals surface area (Å²) in [5.41, 5.74) is 0. The molecule has 1 saturated heterocycles. The molecule has 1 unspecified atom stereocenters. The molecule has 1 rings (SSSR count). The van der Waals surface area contributed by atoms with E-state index in [1.807, 2.05) is 55.4 Å². The summed E-state index contributed by atoms with van der Waals surface area (Å²) in [4.78, 5) is 0. The summed E-state index contributed by atoms with van der Waals surface area (Å²) in [7, 11) is 1.68. The van der Waals surface area contributed by atoms with Crippen molar-refractivity contribution in [1.29, 1.82) is 0 Å². The Morgan fingerprint density at radius 3 is 1.29 bits per heavy atom. The molecule has 2 nitrogen and oxygen atoms in total. The van der Waals surface area contributed by atoms with Crippen molar-refractivity contribution in [2.45, 2.75) is 68.4 Å². The van der Waals surface area contributed by atoms with Crippen LogP contribution in [0.4, 0.5) is 0 Å². The van der Waals surface area contributed by atoms with E-state index in [1.165, 1.54) is 0 Å². The maximum atomic E-state index is 4.71. The first kappa shape index (κ1) is 30.1. The third-order valence-corrected chi connectivity index (χ3v) is 0.789. The van der Waals surface area contributed by atoms with E-state index in [2.05, 4.69) is 18.2 Å². The van der Waals surface area contributed by atoms with Gasteiger partial charge < -0.3 is 9.47 Å². The minimum Gasteiger partial charge on any atom is -0.385 e. The molecule has 1 heterocycles. The van der Waals surface area contributed by atoms with Gasteiger partial charge in [-0.2, -0.15) is 0 Å². The molecule has 0 N–H and O–H groups in total. The normalized spacial score (nSPS) is 12.9. The van der Waals surface area contributed by atoms with E-state index in [9.17, 15) is 0 Å². The molecule has 1 aliphatic rings. The molecule has 0 aliphatic carbocycles. The van der Waals surface area contributed by atoms with Gasteiger partial charge in [0.05, 0.1) is 12.7 Å². The topological polar surface area (TPSA) is 21.8 Å². The van der Waals surface area contributed by atoms with Crippen molar-refractivity contribution in [1.82, 2.24) is 0 Å². The minimum absolute atomic E-state index is 0.583. The quantitative estimate of drug-likeness (QED) is 0.463. The smallest absolute Gasteiger partial charge is 0.0781 e. The first-order valence-corrected chi connectivity index (χ1v) is 6.90. The molecule has 1 atom stereocenters. The predicted octanol–water partition coefficient (Wildman–Crippen LogP) is 5.33. The first-order valence-electron chi connectivity index (χ1n) is 6.90. The third-order valence-electron chi connectivity index (χ3n) is 0.789. The van der Waals surface area contributed by atoms with Gasteiger partial charge in [-0.15, -0.1) is 6.58 Å². The highest BCUT2D eigenvalue weighted by molar-refractivity contribution is 4.58. The van der Waals surface area contributed by atoms with Crippen molar-refractivity contribution >= 4 is 0 Å². The SMILES string of the molecule is C=CC.CC.CC.CC.CC1CO1.CCOC. The number of epoxide rings is 1. The van der Waals surface area contributed by atoms with Crippen LogP contribution in [0.5, 0.6) is 0 Å². The number of hydrogen-bond donors (Lipinski definition) is 0. The van der Waals surface area contributed by atoms with E-state index < -0.39 is 0 Å². The number of rotatable bonds is 1. The third kappa shape index (κ3) is 218. The minimum atomic E-state index is 0.583. The fraction of sp³-hybridized carbons (Fsp3) is 0.867. The standard InChI is InChI=1S/C3H6O.C3H8O.C3H6.3C2H6/c1-3-2-4-3;1-3-4-2;1-3-2;3*1-2/h3H,2H2,1H3;3H2,1-2H3;3H,1H2,2H3;3*1-2H3. The molecule has 0 amide bonds. The van der Waals surface area contributed by atoms with Crippen LogP contribution in [-0.4, -0.2) is 26.4 Å². The van der Waals surface area contributed by atoms with Crippen LogP contribution in [-0.2, 0) is 9.47 Å². The van der Waals surface area contributed by atoms with Crippen LogP contribution in [0.3, 0.4) is 0 Å².